The van der Waals surface area contributed by atoms with E-state index in [2.05, 4.69) is 9.88 Å². The Labute approximate surface area is 159 Å². The minimum absolute atomic E-state index is 0.0206. The van der Waals surface area contributed by atoms with Crippen LogP contribution < -0.4 is 0 Å². The van der Waals surface area contributed by atoms with E-state index in [0.29, 0.717) is 25.6 Å². The lowest BCUT2D eigenvalue weighted by Gasteiger charge is -2.18. The van der Waals surface area contributed by atoms with Gasteiger partial charge in [-0.3, -0.25) is 4.90 Å². The molecule has 2 aromatic rings. The third kappa shape index (κ3) is 4.56. The highest BCUT2D eigenvalue weighted by atomic mass is 32.2. The zero-order valence-electron chi connectivity index (χ0n) is 15.8. The van der Waals surface area contributed by atoms with Gasteiger partial charge in [-0.05, 0) is 36.6 Å². The molecule has 2 heterocycles. The average Bonchev–Trinajstić information content (AvgIpc) is 3.28. The maximum Gasteiger partial charge on any atom is 0.227 e. The van der Waals surface area contributed by atoms with E-state index < -0.39 is 9.84 Å². The number of hydrogen-bond acceptors (Lipinski definition) is 5. The first-order chi connectivity index (χ1) is 12.9. The minimum Gasteiger partial charge on any atom is -0.383 e. The van der Waals surface area contributed by atoms with Gasteiger partial charge in [-0.25, -0.2) is 17.8 Å². The average molecular weight is 396 g/mol. The van der Waals surface area contributed by atoms with Crippen molar-refractivity contribution in [1.82, 2.24) is 14.5 Å². The highest BCUT2D eigenvalue weighted by Crippen LogP contribution is 2.28. The predicted molar refractivity (Wildman–Crippen MR) is 101 cm³/mol. The maximum atomic E-state index is 13.1. The molecule has 0 saturated carbocycles. The number of benzene rings is 1. The Balaban J connectivity index is 1.74. The van der Waals surface area contributed by atoms with E-state index in [1.807, 2.05) is 12.1 Å². The Morgan fingerprint density at radius 3 is 2.70 bits per heavy atom. The van der Waals surface area contributed by atoms with E-state index in [1.54, 1.807) is 24.8 Å². The van der Waals surface area contributed by atoms with Crippen molar-refractivity contribution in [2.45, 2.75) is 37.5 Å². The summed E-state index contributed by atoms with van der Waals surface area (Å²) in [5.74, 6) is 0.160. The Kier molecular flexibility index (Phi) is 6.29. The van der Waals surface area contributed by atoms with Crippen LogP contribution in [0.15, 0.2) is 35.6 Å². The van der Waals surface area contributed by atoms with Crippen molar-refractivity contribution in [3.05, 3.63) is 47.5 Å². The van der Waals surface area contributed by atoms with Crippen molar-refractivity contribution in [3.8, 4) is 0 Å². The van der Waals surface area contributed by atoms with Crippen LogP contribution in [-0.2, 0) is 27.7 Å². The molecule has 1 atom stereocenters. The maximum absolute atomic E-state index is 13.1. The summed E-state index contributed by atoms with van der Waals surface area (Å²) in [5.41, 5.74) is 2.01. The molecule has 1 aromatic heterocycles. The standard InChI is InChI=1S/C19H26FN3O3S/c1-3-27(24,25)19-21-12-18(23(19)10-11-26-2)14-22-9-8-16(13-22)15-4-6-17(20)7-5-15/h4-7,12,16H,3,8-11,13-14H2,1-2H3. The summed E-state index contributed by atoms with van der Waals surface area (Å²) < 4.78 is 44.7. The molecule has 0 N–H and O–H groups in total. The first kappa shape index (κ1) is 20.0. The Morgan fingerprint density at radius 1 is 1.30 bits per heavy atom. The Morgan fingerprint density at radius 2 is 2.04 bits per heavy atom. The van der Waals surface area contributed by atoms with Crippen molar-refractivity contribution in [1.29, 1.82) is 0 Å². The number of likely N-dealkylation sites (tertiary alicyclic amines) is 1. The van der Waals surface area contributed by atoms with Gasteiger partial charge in [0.05, 0.1) is 24.3 Å². The topological polar surface area (TPSA) is 64.4 Å². The molecular formula is C19H26FN3O3S. The molecule has 27 heavy (non-hydrogen) atoms. The van der Waals surface area contributed by atoms with E-state index in [1.165, 1.54) is 12.1 Å². The van der Waals surface area contributed by atoms with Gasteiger partial charge in [0.2, 0.25) is 15.0 Å². The van der Waals surface area contributed by atoms with Crippen LogP contribution in [0.1, 0.15) is 30.5 Å². The summed E-state index contributed by atoms with van der Waals surface area (Å²) in [4.78, 5) is 6.48. The fourth-order valence-corrected chi connectivity index (χ4v) is 4.55. The van der Waals surface area contributed by atoms with Crippen molar-refractivity contribution in [2.75, 3.05) is 32.6 Å². The van der Waals surface area contributed by atoms with Crippen LogP contribution >= 0.6 is 0 Å². The summed E-state index contributed by atoms with van der Waals surface area (Å²) in [5, 5.41) is 0.117. The second-order valence-electron chi connectivity index (χ2n) is 6.85. The number of aromatic nitrogens is 2. The number of rotatable bonds is 8. The van der Waals surface area contributed by atoms with Crippen LogP contribution in [0.2, 0.25) is 0 Å². The fourth-order valence-electron chi connectivity index (χ4n) is 3.53. The van der Waals surface area contributed by atoms with E-state index >= 15 is 0 Å². The molecule has 0 bridgehead atoms. The van der Waals surface area contributed by atoms with Crippen molar-refractivity contribution < 1.29 is 17.5 Å². The van der Waals surface area contributed by atoms with Crippen LogP contribution in [0, 0.1) is 5.82 Å². The zero-order chi connectivity index (χ0) is 19.4. The summed E-state index contributed by atoms with van der Waals surface area (Å²) in [6.07, 6.45) is 2.65. The molecule has 0 aliphatic carbocycles. The van der Waals surface area contributed by atoms with Crippen LogP contribution in [0.3, 0.4) is 0 Å². The van der Waals surface area contributed by atoms with Gasteiger partial charge in [-0.1, -0.05) is 19.1 Å². The summed E-state index contributed by atoms with van der Waals surface area (Å²) in [6, 6.07) is 6.69. The van der Waals surface area contributed by atoms with Gasteiger partial charge < -0.3 is 9.30 Å². The Bertz CT molecular complexity index is 865. The number of ether oxygens (including phenoxy) is 1. The number of methoxy groups -OCH3 is 1. The summed E-state index contributed by atoms with van der Waals surface area (Å²) in [6.45, 7) is 4.90. The molecule has 1 aliphatic rings. The highest BCUT2D eigenvalue weighted by Gasteiger charge is 2.27. The van der Waals surface area contributed by atoms with Gasteiger partial charge >= 0.3 is 0 Å². The van der Waals surface area contributed by atoms with E-state index in [9.17, 15) is 12.8 Å². The van der Waals surface area contributed by atoms with E-state index in [-0.39, 0.29) is 16.7 Å². The largest absolute Gasteiger partial charge is 0.383 e. The first-order valence-electron chi connectivity index (χ1n) is 9.18. The van der Waals surface area contributed by atoms with E-state index in [0.717, 1.165) is 30.8 Å². The van der Waals surface area contributed by atoms with Gasteiger partial charge in [0, 0.05) is 26.7 Å². The molecule has 1 fully saturated rings. The van der Waals surface area contributed by atoms with Crippen LogP contribution in [0.4, 0.5) is 4.39 Å². The molecule has 8 heteroatoms. The normalized spacial score (nSPS) is 18.3. The summed E-state index contributed by atoms with van der Waals surface area (Å²) >= 11 is 0. The number of nitrogens with zero attached hydrogens (tertiary/aromatic N) is 3. The fraction of sp³-hybridized carbons (Fsp3) is 0.526. The van der Waals surface area contributed by atoms with Crippen LogP contribution in [-0.4, -0.2) is 55.4 Å². The Hall–Kier alpha value is -1.77. The molecule has 1 unspecified atom stereocenters. The van der Waals surface area contributed by atoms with Gasteiger partial charge in [-0.15, -0.1) is 0 Å². The molecule has 1 aromatic carbocycles. The second kappa shape index (κ2) is 8.50. The smallest absolute Gasteiger partial charge is 0.227 e. The minimum atomic E-state index is -3.39. The van der Waals surface area contributed by atoms with Crippen molar-refractivity contribution in [3.63, 3.8) is 0 Å². The number of sulfone groups is 1. The molecule has 148 valence electrons. The van der Waals surface area contributed by atoms with Crippen LogP contribution in [0.5, 0.6) is 0 Å². The van der Waals surface area contributed by atoms with Crippen LogP contribution in [0.25, 0.3) is 0 Å². The predicted octanol–water partition coefficient (Wildman–Crippen LogP) is 2.45. The lowest BCUT2D eigenvalue weighted by Crippen LogP contribution is -2.23. The van der Waals surface area contributed by atoms with Gasteiger partial charge in [0.1, 0.15) is 5.82 Å². The number of halogens is 1. The third-order valence-corrected chi connectivity index (χ3v) is 6.72. The SMILES string of the molecule is CCS(=O)(=O)c1ncc(CN2CCC(c3ccc(F)cc3)C2)n1CCOC. The first-order valence-corrected chi connectivity index (χ1v) is 10.8. The number of hydrogen-bond donors (Lipinski definition) is 0. The van der Waals surface area contributed by atoms with Crippen molar-refractivity contribution in [2.24, 2.45) is 0 Å². The molecular weight excluding hydrogens is 369 g/mol. The quantitative estimate of drug-likeness (QED) is 0.687. The third-order valence-electron chi connectivity index (χ3n) is 5.08. The van der Waals surface area contributed by atoms with Crippen molar-refractivity contribution >= 4 is 9.84 Å². The molecule has 1 saturated heterocycles. The lowest BCUT2D eigenvalue weighted by molar-refractivity contribution is 0.182. The monoisotopic (exact) mass is 395 g/mol. The highest BCUT2D eigenvalue weighted by molar-refractivity contribution is 7.91. The van der Waals surface area contributed by atoms with Gasteiger partial charge in [0.25, 0.3) is 0 Å². The molecule has 6 nitrogen and oxygen atoms in total. The van der Waals surface area contributed by atoms with Gasteiger partial charge in [0.15, 0.2) is 0 Å². The second-order valence-corrected chi connectivity index (χ2v) is 9.02. The number of imidazole rings is 1. The summed E-state index contributed by atoms with van der Waals surface area (Å²) in [7, 11) is -1.79. The molecule has 0 amide bonds. The van der Waals surface area contributed by atoms with Gasteiger partial charge in [-0.2, -0.15) is 0 Å². The van der Waals surface area contributed by atoms with E-state index in [4.69, 9.17) is 4.74 Å². The lowest BCUT2D eigenvalue weighted by atomic mass is 9.99. The molecule has 1 aliphatic heterocycles. The molecule has 3 rings (SSSR count). The zero-order valence-corrected chi connectivity index (χ0v) is 16.6. The molecule has 0 radical (unpaired) electrons. The molecule has 0 spiro atoms.